The van der Waals surface area contributed by atoms with Crippen LogP contribution in [0.2, 0.25) is 0 Å². The number of amidine groups is 1. The fourth-order valence-electron chi connectivity index (χ4n) is 3.75. The summed E-state index contributed by atoms with van der Waals surface area (Å²) < 4.78 is 5.36. The Hall–Kier alpha value is -4.61. The van der Waals surface area contributed by atoms with Gasteiger partial charge in [0.1, 0.15) is 18.5 Å². The predicted molar refractivity (Wildman–Crippen MR) is 135 cm³/mol. The lowest BCUT2D eigenvalue weighted by Crippen LogP contribution is -2.61. The van der Waals surface area contributed by atoms with Gasteiger partial charge in [-0.1, -0.05) is 36.4 Å². The largest absolute Gasteiger partial charge is 0.481 e. The van der Waals surface area contributed by atoms with Gasteiger partial charge >= 0.3 is 18.1 Å². The van der Waals surface area contributed by atoms with Crippen LogP contribution < -0.4 is 16.4 Å². The number of ether oxygens (including phenoxy) is 1. The quantitative estimate of drug-likeness (QED) is 0.195. The molecule has 1 fully saturated rings. The molecule has 4 amide bonds. The minimum Gasteiger partial charge on any atom is -0.481 e. The highest BCUT2D eigenvalue weighted by molar-refractivity contribution is 5.98. The Labute approximate surface area is 213 Å². The van der Waals surface area contributed by atoms with Crippen LogP contribution in [0.1, 0.15) is 28.8 Å². The van der Waals surface area contributed by atoms with E-state index >= 15 is 0 Å². The number of benzene rings is 2. The molecule has 6 N–H and O–H groups in total. The Morgan fingerprint density at radius 3 is 2.54 bits per heavy atom. The Morgan fingerprint density at radius 2 is 1.84 bits per heavy atom. The molecule has 1 heterocycles. The molecule has 37 heavy (non-hydrogen) atoms. The molecule has 196 valence electrons. The zero-order valence-corrected chi connectivity index (χ0v) is 20.2. The van der Waals surface area contributed by atoms with Crippen LogP contribution in [0.4, 0.5) is 15.3 Å². The van der Waals surface area contributed by atoms with E-state index in [1.165, 1.54) is 15.9 Å². The van der Waals surface area contributed by atoms with Crippen molar-refractivity contribution in [3.05, 3.63) is 65.7 Å². The first-order chi connectivity index (χ1) is 17.7. The lowest BCUT2D eigenvalue weighted by Gasteiger charge is -2.40. The van der Waals surface area contributed by atoms with Crippen LogP contribution in [0.3, 0.4) is 0 Å². The fraction of sp³-hybridized carbons (Fsp3) is 0.320. The van der Waals surface area contributed by atoms with E-state index in [4.69, 9.17) is 21.0 Å². The van der Waals surface area contributed by atoms with Crippen molar-refractivity contribution in [1.29, 1.82) is 5.41 Å². The van der Waals surface area contributed by atoms with Gasteiger partial charge in [0.05, 0.1) is 6.54 Å². The number of hydrogen-bond acceptors (Lipinski definition) is 6. The number of carboxylic acid groups (broad SMARTS) is 1. The number of carbonyl (C=O) groups is 4. The second kappa shape index (κ2) is 12.9. The number of hydrogen-bond donors (Lipinski definition) is 5. The number of carboxylic acids is 1. The van der Waals surface area contributed by atoms with Gasteiger partial charge in [-0.05, 0) is 30.2 Å². The highest BCUT2D eigenvalue weighted by Gasteiger charge is 2.35. The third kappa shape index (κ3) is 7.95. The molecule has 1 atom stereocenters. The maximum atomic E-state index is 13.0. The fourth-order valence-corrected chi connectivity index (χ4v) is 3.75. The van der Waals surface area contributed by atoms with E-state index in [2.05, 4.69) is 10.6 Å². The number of piperazine rings is 1. The number of aliphatic carboxylic acids is 1. The van der Waals surface area contributed by atoms with Crippen molar-refractivity contribution in [2.45, 2.75) is 25.5 Å². The van der Waals surface area contributed by atoms with E-state index in [0.717, 1.165) is 5.56 Å². The summed E-state index contributed by atoms with van der Waals surface area (Å²) in [5, 5.41) is 22.0. The number of urea groups is 1. The van der Waals surface area contributed by atoms with Gasteiger partial charge in [-0.25, -0.2) is 9.59 Å². The number of nitrogens with zero attached hydrogens (tertiary/aromatic N) is 2. The molecule has 12 nitrogen and oxygen atoms in total. The molecule has 0 aliphatic carbocycles. The number of rotatable bonds is 9. The third-order valence-corrected chi connectivity index (χ3v) is 5.69. The molecule has 3 rings (SSSR count). The summed E-state index contributed by atoms with van der Waals surface area (Å²) in [4.78, 5) is 51.2. The summed E-state index contributed by atoms with van der Waals surface area (Å²) in [5.74, 6) is -1.61. The SMILES string of the molecule is N=C(N)C1CN(C(=O)OCc2ccccc2)CCN1C(=O)Nc1cccc(C(=O)NCCCC(=O)O)c1. The van der Waals surface area contributed by atoms with Gasteiger partial charge in [0.15, 0.2) is 0 Å². The molecule has 0 saturated carbocycles. The van der Waals surface area contributed by atoms with Gasteiger partial charge in [-0.2, -0.15) is 0 Å². The summed E-state index contributed by atoms with van der Waals surface area (Å²) in [6, 6.07) is 14.1. The first-order valence-electron chi connectivity index (χ1n) is 11.7. The smallest absolute Gasteiger partial charge is 0.410 e. The molecule has 0 aromatic heterocycles. The molecule has 1 aliphatic heterocycles. The number of amides is 4. The third-order valence-electron chi connectivity index (χ3n) is 5.69. The Balaban J connectivity index is 1.56. The second-order valence-corrected chi connectivity index (χ2v) is 8.41. The first-order valence-corrected chi connectivity index (χ1v) is 11.7. The van der Waals surface area contributed by atoms with Crippen LogP contribution >= 0.6 is 0 Å². The van der Waals surface area contributed by atoms with Crippen molar-refractivity contribution in [1.82, 2.24) is 15.1 Å². The average molecular weight is 511 g/mol. The minimum absolute atomic E-state index is 0.00909. The standard InChI is InChI=1S/C25H30N6O6/c26-22(27)20-15-30(25(36)37-16-17-6-2-1-3-7-17)12-13-31(20)24(35)29-19-9-4-8-18(14-19)23(34)28-11-5-10-21(32)33/h1-4,6-9,14,20H,5,10-13,15-16H2,(H3,26,27)(H,28,34)(H,29,35)(H,32,33). The highest BCUT2D eigenvalue weighted by atomic mass is 16.6. The van der Waals surface area contributed by atoms with E-state index in [1.54, 1.807) is 18.2 Å². The molecule has 12 heteroatoms. The molecular weight excluding hydrogens is 480 g/mol. The molecule has 1 saturated heterocycles. The summed E-state index contributed by atoms with van der Waals surface area (Å²) in [5.41, 5.74) is 7.24. The molecular formula is C25H30N6O6. The second-order valence-electron chi connectivity index (χ2n) is 8.41. The molecule has 1 aliphatic rings. The molecule has 0 radical (unpaired) electrons. The summed E-state index contributed by atoms with van der Waals surface area (Å²) in [6.07, 6.45) is -0.307. The van der Waals surface area contributed by atoms with Crippen molar-refractivity contribution in [2.75, 3.05) is 31.5 Å². The molecule has 2 aromatic carbocycles. The van der Waals surface area contributed by atoms with Crippen molar-refractivity contribution >= 4 is 35.5 Å². The highest BCUT2D eigenvalue weighted by Crippen LogP contribution is 2.16. The maximum absolute atomic E-state index is 13.0. The normalized spacial score (nSPS) is 15.0. The number of nitrogens with two attached hydrogens (primary N) is 1. The van der Waals surface area contributed by atoms with E-state index in [9.17, 15) is 19.2 Å². The Bertz CT molecular complexity index is 1140. The van der Waals surface area contributed by atoms with Gasteiger partial charge in [0.2, 0.25) is 0 Å². The maximum Gasteiger partial charge on any atom is 0.410 e. The van der Waals surface area contributed by atoms with Gasteiger partial charge in [-0.15, -0.1) is 0 Å². The van der Waals surface area contributed by atoms with Crippen LogP contribution in [0.25, 0.3) is 0 Å². The molecule has 1 unspecified atom stereocenters. The van der Waals surface area contributed by atoms with Crippen LogP contribution in [0, 0.1) is 5.41 Å². The van der Waals surface area contributed by atoms with E-state index in [-0.39, 0.29) is 45.0 Å². The minimum atomic E-state index is -0.937. The number of nitrogens with one attached hydrogen (secondary N) is 3. The molecule has 0 spiro atoms. The monoisotopic (exact) mass is 510 g/mol. The first kappa shape index (κ1) is 27.0. The molecule has 2 aromatic rings. The predicted octanol–water partition coefficient (Wildman–Crippen LogP) is 2.07. The van der Waals surface area contributed by atoms with Crippen LogP contribution in [-0.2, 0) is 16.1 Å². The van der Waals surface area contributed by atoms with Crippen LogP contribution in [0.15, 0.2) is 54.6 Å². The van der Waals surface area contributed by atoms with Gasteiger partial charge in [-0.3, -0.25) is 15.0 Å². The average Bonchev–Trinajstić information content (AvgIpc) is 2.89. The van der Waals surface area contributed by atoms with Crippen molar-refractivity contribution in [2.24, 2.45) is 5.73 Å². The summed E-state index contributed by atoms with van der Waals surface area (Å²) in [6.45, 7) is 0.647. The van der Waals surface area contributed by atoms with E-state index < -0.39 is 30.0 Å². The van der Waals surface area contributed by atoms with Gasteiger partial charge in [0, 0.05) is 37.3 Å². The topological polar surface area (TPSA) is 178 Å². The van der Waals surface area contributed by atoms with Crippen molar-refractivity contribution in [3.63, 3.8) is 0 Å². The lowest BCUT2D eigenvalue weighted by molar-refractivity contribution is -0.137. The number of anilines is 1. The number of carbonyl (C=O) groups excluding carboxylic acids is 3. The summed E-state index contributed by atoms with van der Waals surface area (Å²) in [7, 11) is 0. The lowest BCUT2D eigenvalue weighted by atomic mass is 10.1. The van der Waals surface area contributed by atoms with Crippen molar-refractivity contribution in [3.8, 4) is 0 Å². The van der Waals surface area contributed by atoms with E-state index in [0.29, 0.717) is 17.7 Å². The van der Waals surface area contributed by atoms with Gasteiger partial charge < -0.3 is 36.0 Å². The Morgan fingerprint density at radius 1 is 1.08 bits per heavy atom. The van der Waals surface area contributed by atoms with Crippen molar-refractivity contribution < 1.29 is 29.0 Å². The van der Waals surface area contributed by atoms with Crippen LogP contribution in [-0.4, -0.2) is 77.0 Å². The van der Waals surface area contributed by atoms with Gasteiger partial charge in [0.25, 0.3) is 5.91 Å². The van der Waals surface area contributed by atoms with Crippen LogP contribution in [0.5, 0.6) is 0 Å². The molecule has 0 bridgehead atoms. The van der Waals surface area contributed by atoms with E-state index in [1.807, 2.05) is 30.3 Å². The zero-order valence-electron chi connectivity index (χ0n) is 20.2. The Kier molecular flexibility index (Phi) is 9.41. The summed E-state index contributed by atoms with van der Waals surface area (Å²) >= 11 is 0. The zero-order chi connectivity index (χ0) is 26.8.